The molecule has 2 aromatic rings. The first-order valence-electron chi connectivity index (χ1n) is 7.53. The maximum Gasteiger partial charge on any atom is 0.332 e. The fourth-order valence-corrected chi connectivity index (χ4v) is 2.44. The predicted octanol–water partition coefficient (Wildman–Crippen LogP) is -0.431. The van der Waals surface area contributed by atoms with Gasteiger partial charge in [0.1, 0.15) is 6.54 Å². The first-order chi connectivity index (χ1) is 11.6. The van der Waals surface area contributed by atoms with Crippen molar-refractivity contribution in [1.29, 1.82) is 0 Å². The summed E-state index contributed by atoms with van der Waals surface area (Å²) < 4.78 is 3.21. The molecule has 136 valence electrons. The van der Waals surface area contributed by atoms with Gasteiger partial charge >= 0.3 is 11.7 Å². The number of aromatic nitrogens is 4. The fourth-order valence-electron chi connectivity index (χ4n) is 2.21. The van der Waals surface area contributed by atoms with E-state index in [0.29, 0.717) is 6.54 Å². The number of nitrogens with one attached hydrogen (secondary N) is 2. The Balaban J connectivity index is 2.32. The lowest BCUT2D eigenvalue weighted by atomic mass is 10.2. The molecule has 2 heterocycles. The van der Waals surface area contributed by atoms with Crippen molar-refractivity contribution in [2.75, 3.05) is 6.54 Å². The minimum absolute atomic E-state index is 0.00679. The van der Waals surface area contributed by atoms with Crippen molar-refractivity contribution in [1.82, 2.24) is 29.3 Å². The molecule has 11 heteroatoms. The number of amides is 3. The van der Waals surface area contributed by atoms with Crippen LogP contribution in [-0.2, 0) is 25.4 Å². The molecule has 0 atom stereocenters. The number of carbonyl (C=O) groups excluding carboxylic acids is 2. The number of nitrogens with zero attached hydrogens (tertiary/aromatic N) is 4. The van der Waals surface area contributed by atoms with Gasteiger partial charge in [-0.25, -0.2) is 9.59 Å². The molecule has 0 aliphatic heterocycles. The molecule has 0 aromatic carbocycles. The van der Waals surface area contributed by atoms with Gasteiger partial charge in [-0.3, -0.25) is 28.6 Å². The summed E-state index contributed by atoms with van der Waals surface area (Å²) in [4.78, 5) is 51.9. The zero-order chi connectivity index (χ0) is 18.9. The molecule has 0 saturated carbocycles. The number of carbonyl (C=O) groups is 2. The summed E-state index contributed by atoms with van der Waals surface area (Å²) in [5, 5.41) is 4.56. The van der Waals surface area contributed by atoms with E-state index in [1.807, 2.05) is 13.8 Å². The molecule has 0 radical (unpaired) electrons. The van der Waals surface area contributed by atoms with Crippen molar-refractivity contribution in [2.24, 2.45) is 20.0 Å². The standard InChI is InChI=1S/C14H19ClN6O4/c1-7(2)5-16-13(24)17-8(22)6-21-9-10(18-12(21)15)19(3)14(25)20(4)11(9)23/h7H,5-6H2,1-4H3,(H2,16,17,22,24). The highest BCUT2D eigenvalue weighted by Gasteiger charge is 2.20. The number of rotatable bonds is 4. The van der Waals surface area contributed by atoms with Gasteiger partial charge in [-0.15, -0.1) is 0 Å². The van der Waals surface area contributed by atoms with E-state index in [4.69, 9.17) is 11.6 Å². The Labute approximate surface area is 147 Å². The Bertz CT molecular complexity index is 955. The molecule has 0 bridgehead atoms. The summed E-state index contributed by atoms with van der Waals surface area (Å²) in [6.45, 7) is 3.85. The van der Waals surface area contributed by atoms with Gasteiger partial charge < -0.3 is 5.32 Å². The summed E-state index contributed by atoms with van der Waals surface area (Å²) in [5.41, 5.74) is -1.12. The van der Waals surface area contributed by atoms with Crippen LogP contribution in [0, 0.1) is 5.92 Å². The molecule has 10 nitrogen and oxygen atoms in total. The average molecular weight is 371 g/mol. The zero-order valence-electron chi connectivity index (χ0n) is 14.3. The SMILES string of the molecule is CC(C)CNC(=O)NC(=O)Cn1c(Cl)nc2c1c(=O)n(C)c(=O)n2C. The van der Waals surface area contributed by atoms with Gasteiger partial charge in [0.05, 0.1) is 0 Å². The Hall–Kier alpha value is -2.62. The lowest BCUT2D eigenvalue weighted by Crippen LogP contribution is -2.42. The van der Waals surface area contributed by atoms with Crippen LogP contribution in [0.5, 0.6) is 0 Å². The van der Waals surface area contributed by atoms with Crippen LogP contribution in [-0.4, -0.2) is 37.2 Å². The van der Waals surface area contributed by atoms with Crippen LogP contribution < -0.4 is 21.9 Å². The lowest BCUT2D eigenvalue weighted by Gasteiger charge is -2.10. The molecule has 0 fully saturated rings. The molecular weight excluding hydrogens is 352 g/mol. The Morgan fingerprint density at radius 1 is 1.20 bits per heavy atom. The maximum atomic E-state index is 12.3. The highest BCUT2D eigenvalue weighted by Crippen LogP contribution is 2.15. The lowest BCUT2D eigenvalue weighted by molar-refractivity contribution is -0.120. The summed E-state index contributed by atoms with van der Waals surface area (Å²) in [7, 11) is 2.76. The number of fused-ring (bicyclic) bond motifs is 1. The van der Waals surface area contributed by atoms with Crippen LogP contribution in [0.1, 0.15) is 13.8 Å². The second-order valence-corrected chi connectivity index (χ2v) is 6.34. The smallest absolute Gasteiger partial charge is 0.332 e. The molecule has 2 N–H and O–H groups in total. The van der Waals surface area contributed by atoms with E-state index in [-0.39, 0.29) is 22.4 Å². The Morgan fingerprint density at radius 2 is 1.84 bits per heavy atom. The highest BCUT2D eigenvalue weighted by molar-refractivity contribution is 6.29. The van der Waals surface area contributed by atoms with Gasteiger partial charge in [-0.2, -0.15) is 4.98 Å². The number of hydrogen-bond donors (Lipinski definition) is 2. The molecule has 0 aliphatic rings. The van der Waals surface area contributed by atoms with Crippen LogP contribution in [0.25, 0.3) is 11.2 Å². The molecule has 2 rings (SSSR count). The van der Waals surface area contributed by atoms with Crippen LogP contribution in [0.4, 0.5) is 4.79 Å². The number of imide groups is 1. The highest BCUT2D eigenvalue weighted by atomic mass is 35.5. The largest absolute Gasteiger partial charge is 0.338 e. The van der Waals surface area contributed by atoms with Crippen molar-refractivity contribution >= 4 is 34.7 Å². The summed E-state index contributed by atoms with van der Waals surface area (Å²) >= 11 is 6.01. The predicted molar refractivity (Wildman–Crippen MR) is 91.6 cm³/mol. The Kier molecular flexibility index (Phi) is 5.31. The normalized spacial score (nSPS) is 11.1. The summed E-state index contributed by atoms with van der Waals surface area (Å²) in [5.74, 6) is -0.435. The third-order valence-corrected chi connectivity index (χ3v) is 3.82. The molecular formula is C14H19ClN6O4. The van der Waals surface area contributed by atoms with Gasteiger partial charge in [0.2, 0.25) is 11.2 Å². The van der Waals surface area contributed by atoms with Crippen LogP contribution in [0.2, 0.25) is 5.28 Å². The van der Waals surface area contributed by atoms with Crippen molar-refractivity contribution in [3.05, 3.63) is 26.1 Å². The van der Waals surface area contributed by atoms with Gasteiger partial charge in [0, 0.05) is 20.6 Å². The van der Waals surface area contributed by atoms with E-state index in [2.05, 4.69) is 15.6 Å². The number of halogens is 1. The molecule has 0 unspecified atom stereocenters. The topological polar surface area (TPSA) is 120 Å². The third-order valence-electron chi connectivity index (χ3n) is 3.53. The van der Waals surface area contributed by atoms with E-state index in [0.717, 1.165) is 13.7 Å². The van der Waals surface area contributed by atoms with Crippen molar-refractivity contribution < 1.29 is 9.59 Å². The average Bonchev–Trinajstić information content (AvgIpc) is 2.85. The fraction of sp³-hybridized carbons (Fsp3) is 0.500. The minimum atomic E-state index is -0.668. The second-order valence-electron chi connectivity index (χ2n) is 6.00. The monoisotopic (exact) mass is 370 g/mol. The van der Waals surface area contributed by atoms with Crippen molar-refractivity contribution in [3.63, 3.8) is 0 Å². The number of aryl methyl sites for hydroxylation is 1. The van der Waals surface area contributed by atoms with E-state index in [1.165, 1.54) is 14.1 Å². The molecule has 0 saturated heterocycles. The number of hydrogen-bond acceptors (Lipinski definition) is 5. The minimum Gasteiger partial charge on any atom is -0.338 e. The Morgan fingerprint density at radius 3 is 2.44 bits per heavy atom. The van der Waals surface area contributed by atoms with Gasteiger partial charge in [-0.1, -0.05) is 13.8 Å². The quantitative estimate of drug-likeness (QED) is 0.707. The first-order valence-corrected chi connectivity index (χ1v) is 7.90. The molecule has 0 spiro atoms. The van der Waals surface area contributed by atoms with Crippen LogP contribution in [0.15, 0.2) is 9.59 Å². The van der Waals surface area contributed by atoms with E-state index in [9.17, 15) is 19.2 Å². The molecule has 3 amide bonds. The van der Waals surface area contributed by atoms with Crippen LogP contribution in [0.3, 0.4) is 0 Å². The molecule has 25 heavy (non-hydrogen) atoms. The second kappa shape index (κ2) is 7.09. The first kappa shape index (κ1) is 18.7. The van der Waals surface area contributed by atoms with Crippen molar-refractivity contribution in [3.8, 4) is 0 Å². The van der Waals surface area contributed by atoms with E-state index < -0.39 is 29.7 Å². The van der Waals surface area contributed by atoms with E-state index in [1.54, 1.807) is 0 Å². The number of imidazole rings is 1. The maximum absolute atomic E-state index is 12.3. The van der Waals surface area contributed by atoms with Crippen LogP contribution >= 0.6 is 11.6 Å². The summed E-state index contributed by atoms with van der Waals surface area (Å²) in [6.07, 6.45) is 0. The zero-order valence-corrected chi connectivity index (χ0v) is 15.0. The number of urea groups is 1. The van der Waals surface area contributed by atoms with Gasteiger partial charge in [-0.05, 0) is 17.5 Å². The van der Waals surface area contributed by atoms with E-state index >= 15 is 0 Å². The molecule has 2 aromatic heterocycles. The summed E-state index contributed by atoms with van der Waals surface area (Å²) in [6, 6.07) is -0.639. The van der Waals surface area contributed by atoms with Crippen molar-refractivity contribution in [2.45, 2.75) is 20.4 Å². The third kappa shape index (κ3) is 3.73. The van der Waals surface area contributed by atoms with Gasteiger partial charge in [0.25, 0.3) is 5.56 Å². The van der Waals surface area contributed by atoms with Gasteiger partial charge in [0.15, 0.2) is 11.2 Å². The molecule has 0 aliphatic carbocycles.